The number of pyridine rings is 1. The topological polar surface area (TPSA) is 74.0 Å². The van der Waals surface area contributed by atoms with Gasteiger partial charge in [-0.05, 0) is 6.07 Å². The van der Waals surface area contributed by atoms with Gasteiger partial charge < -0.3 is 5.11 Å². The van der Waals surface area contributed by atoms with Crippen LogP contribution in [-0.2, 0) is 5.88 Å². The molecule has 1 N–H and O–H groups in total. The van der Waals surface area contributed by atoms with Crippen molar-refractivity contribution in [3.8, 4) is 6.07 Å². The van der Waals surface area contributed by atoms with Crippen molar-refractivity contribution in [2.75, 3.05) is 0 Å². The average Bonchev–Trinajstić information content (AvgIpc) is 2.26. The fourth-order valence-corrected chi connectivity index (χ4v) is 1.31. The molecule has 0 fully saturated rings. The molecule has 1 rings (SSSR count). The predicted octanol–water partition coefficient (Wildman–Crippen LogP) is 2.33. The van der Waals surface area contributed by atoms with Gasteiger partial charge in [0.1, 0.15) is 11.8 Å². The van der Waals surface area contributed by atoms with Gasteiger partial charge in [-0.2, -0.15) is 5.26 Å². The summed E-state index contributed by atoms with van der Waals surface area (Å²) in [6.07, 6.45) is -3.03. The molecule has 0 saturated carbocycles. The lowest BCUT2D eigenvalue weighted by atomic mass is 10.1. The number of nitriles is 1. The monoisotopic (exact) mass is 246 g/mol. The minimum Gasteiger partial charge on any atom is -0.478 e. The van der Waals surface area contributed by atoms with E-state index in [4.69, 9.17) is 22.0 Å². The molecule has 0 bridgehead atoms. The zero-order chi connectivity index (χ0) is 12.3. The third kappa shape index (κ3) is 2.25. The van der Waals surface area contributed by atoms with Crippen molar-refractivity contribution in [1.29, 1.82) is 5.26 Å². The maximum Gasteiger partial charge on any atom is 0.337 e. The minimum atomic E-state index is -3.03. The molecule has 0 atom stereocenters. The molecule has 1 aromatic heterocycles. The molecule has 0 saturated heterocycles. The van der Waals surface area contributed by atoms with Gasteiger partial charge in [-0.1, -0.05) is 0 Å². The van der Waals surface area contributed by atoms with Crippen LogP contribution in [0, 0.1) is 11.3 Å². The Morgan fingerprint density at radius 1 is 1.69 bits per heavy atom. The maximum absolute atomic E-state index is 12.5. The molecule has 4 nitrogen and oxygen atoms in total. The summed E-state index contributed by atoms with van der Waals surface area (Å²) >= 11 is 5.41. The van der Waals surface area contributed by atoms with Crippen molar-refractivity contribution in [2.45, 2.75) is 12.3 Å². The molecule has 0 radical (unpaired) electrons. The molecule has 0 aromatic carbocycles. The van der Waals surface area contributed by atoms with Crippen molar-refractivity contribution >= 4 is 17.6 Å². The summed E-state index contributed by atoms with van der Waals surface area (Å²) in [5.74, 6) is -1.79. The number of aromatic carboxylic acids is 1. The molecule has 7 heteroatoms. The normalized spacial score (nSPS) is 10.2. The van der Waals surface area contributed by atoms with Gasteiger partial charge in [0.2, 0.25) is 0 Å². The molecular weight excluding hydrogens is 242 g/mol. The summed E-state index contributed by atoms with van der Waals surface area (Å²) in [7, 11) is 0. The van der Waals surface area contributed by atoms with Gasteiger partial charge in [0.05, 0.1) is 22.7 Å². The van der Waals surface area contributed by atoms with E-state index in [9.17, 15) is 13.6 Å². The van der Waals surface area contributed by atoms with Crippen molar-refractivity contribution in [3.63, 3.8) is 0 Å². The fourth-order valence-electron chi connectivity index (χ4n) is 1.10. The van der Waals surface area contributed by atoms with Gasteiger partial charge in [0.15, 0.2) is 0 Å². The van der Waals surface area contributed by atoms with Crippen LogP contribution in [0.5, 0.6) is 0 Å². The molecule has 0 aliphatic rings. The lowest BCUT2D eigenvalue weighted by Gasteiger charge is -2.07. The smallest absolute Gasteiger partial charge is 0.337 e. The Hall–Kier alpha value is -1.74. The number of carboxylic acids is 1. The highest BCUT2D eigenvalue weighted by Gasteiger charge is 2.22. The van der Waals surface area contributed by atoms with Crippen molar-refractivity contribution in [3.05, 3.63) is 28.6 Å². The number of hydrogen-bond donors (Lipinski definition) is 1. The number of hydrogen-bond acceptors (Lipinski definition) is 3. The predicted molar refractivity (Wildman–Crippen MR) is 50.4 cm³/mol. The highest BCUT2D eigenvalue weighted by atomic mass is 35.5. The highest BCUT2D eigenvalue weighted by Crippen LogP contribution is 2.24. The van der Waals surface area contributed by atoms with Crippen LogP contribution in [0.25, 0.3) is 0 Å². The van der Waals surface area contributed by atoms with Crippen LogP contribution in [0.3, 0.4) is 0 Å². The van der Waals surface area contributed by atoms with E-state index in [0.29, 0.717) is 0 Å². The molecule has 0 spiro atoms. The number of nitrogens with zero attached hydrogens (tertiary/aromatic N) is 2. The van der Waals surface area contributed by atoms with Crippen molar-refractivity contribution in [1.82, 2.24) is 4.98 Å². The molecule has 84 valence electrons. The number of aromatic nitrogens is 1. The first-order valence-electron chi connectivity index (χ1n) is 4.02. The summed E-state index contributed by atoms with van der Waals surface area (Å²) in [6, 6.07) is 2.51. The lowest BCUT2D eigenvalue weighted by Crippen LogP contribution is -2.09. The fraction of sp³-hybridized carbons (Fsp3) is 0.222. The second-order valence-electron chi connectivity index (χ2n) is 2.77. The summed E-state index contributed by atoms with van der Waals surface area (Å²) in [5, 5.41) is 17.3. The van der Waals surface area contributed by atoms with Crippen molar-refractivity contribution in [2.24, 2.45) is 0 Å². The molecule has 0 amide bonds. The summed E-state index contributed by atoms with van der Waals surface area (Å²) in [4.78, 5) is 14.1. The summed E-state index contributed by atoms with van der Waals surface area (Å²) in [6.45, 7) is 0. The van der Waals surface area contributed by atoms with Crippen LogP contribution in [0.1, 0.15) is 33.7 Å². The first kappa shape index (κ1) is 12.3. The zero-order valence-electron chi connectivity index (χ0n) is 7.75. The van der Waals surface area contributed by atoms with E-state index in [0.717, 1.165) is 6.07 Å². The minimum absolute atomic E-state index is 0.0514. The van der Waals surface area contributed by atoms with E-state index in [1.165, 1.54) is 0 Å². The van der Waals surface area contributed by atoms with Crippen LogP contribution in [0.2, 0.25) is 0 Å². The van der Waals surface area contributed by atoms with E-state index in [1.807, 2.05) is 0 Å². The molecule has 1 aromatic rings. The second-order valence-corrected chi connectivity index (χ2v) is 3.03. The van der Waals surface area contributed by atoms with Gasteiger partial charge >= 0.3 is 5.97 Å². The lowest BCUT2D eigenvalue weighted by molar-refractivity contribution is 0.0682. The van der Waals surface area contributed by atoms with Crippen LogP contribution in [0.15, 0.2) is 6.07 Å². The number of halogens is 3. The van der Waals surface area contributed by atoms with Crippen molar-refractivity contribution < 1.29 is 18.7 Å². The molecule has 1 heterocycles. The maximum atomic E-state index is 12.5. The Bertz CT molecular complexity index is 471. The van der Waals surface area contributed by atoms with Gasteiger partial charge in [0, 0.05) is 0 Å². The molecular formula is C9H5ClF2N2O2. The van der Waals surface area contributed by atoms with Gasteiger partial charge in [-0.3, -0.25) is 0 Å². The Labute approximate surface area is 94.1 Å². The molecule has 16 heavy (non-hydrogen) atoms. The average molecular weight is 247 g/mol. The SMILES string of the molecule is N#Cc1cc(C(=O)O)c(C(F)F)nc1CCl. The van der Waals surface area contributed by atoms with Gasteiger partial charge in [-0.15, -0.1) is 11.6 Å². The van der Waals surface area contributed by atoms with Crippen LogP contribution >= 0.6 is 11.6 Å². The number of carbonyl (C=O) groups is 1. The highest BCUT2D eigenvalue weighted by molar-refractivity contribution is 6.17. The standard InChI is InChI=1S/C9H5ClF2N2O2/c10-2-6-4(3-13)1-5(9(15)16)7(14-6)8(11)12/h1,8H,2H2,(H,15,16). The van der Waals surface area contributed by atoms with Gasteiger partial charge in [0.25, 0.3) is 6.43 Å². The van der Waals surface area contributed by atoms with E-state index >= 15 is 0 Å². The van der Waals surface area contributed by atoms with E-state index in [1.54, 1.807) is 6.07 Å². The number of rotatable bonds is 3. The third-order valence-electron chi connectivity index (χ3n) is 1.82. The summed E-state index contributed by atoms with van der Waals surface area (Å²) in [5.41, 5.74) is -1.72. The first-order chi connectivity index (χ1) is 7.51. The number of alkyl halides is 3. The van der Waals surface area contributed by atoms with E-state index < -0.39 is 23.7 Å². The van der Waals surface area contributed by atoms with Crippen LogP contribution < -0.4 is 0 Å². The Balaban J connectivity index is 3.49. The third-order valence-corrected chi connectivity index (χ3v) is 2.07. The molecule has 0 aliphatic heterocycles. The van der Waals surface area contributed by atoms with E-state index in [-0.39, 0.29) is 17.1 Å². The van der Waals surface area contributed by atoms with E-state index in [2.05, 4.69) is 4.98 Å². The Morgan fingerprint density at radius 3 is 2.69 bits per heavy atom. The largest absolute Gasteiger partial charge is 0.478 e. The summed E-state index contributed by atoms with van der Waals surface area (Å²) < 4.78 is 25.0. The van der Waals surface area contributed by atoms with Crippen LogP contribution in [-0.4, -0.2) is 16.1 Å². The number of carboxylic acid groups (broad SMARTS) is 1. The molecule has 0 unspecified atom stereocenters. The first-order valence-corrected chi connectivity index (χ1v) is 4.56. The quantitative estimate of drug-likeness (QED) is 0.831. The molecule has 0 aliphatic carbocycles. The second kappa shape index (κ2) is 4.86. The zero-order valence-corrected chi connectivity index (χ0v) is 8.50. The van der Waals surface area contributed by atoms with Crippen LogP contribution in [0.4, 0.5) is 8.78 Å². The Kier molecular flexibility index (Phi) is 3.74. The Morgan fingerprint density at radius 2 is 2.31 bits per heavy atom. The van der Waals surface area contributed by atoms with Gasteiger partial charge in [-0.25, -0.2) is 18.6 Å².